The van der Waals surface area contributed by atoms with Gasteiger partial charge in [-0.25, -0.2) is 4.90 Å². The molecule has 0 bridgehead atoms. The van der Waals surface area contributed by atoms with Crippen LogP contribution in [0.2, 0.25) is 0 Å². The molecule has 0 fully saturated rings. The Morgan fingerprint density at radius 3 is 2.11 bits per heavy atom. The maximum Gasteiger partial charge on any atom is 0.266 e. The minimum atomic E-state index is -0.271. The van der Waals surface area contributed by atoms with Crippen LogP contribution in [0.1, 0.15) is 26.3 Å². The van der Waals surface area contributed by atoms with Crippen molar-refractivity contribution in [2.24, 2.45) is 0 Å². The van der Waals surface area contributed by atoms with Gasteiger partial charge in [0.2, 0.25) is 0 Å². The van der Waals surface area contributed by atoms with Crippen molar-refractivity contribution < 1.29 is 9.59 Å². The molecule has 1 aliphatic rings. The molecule has 0 aliphatic carbocycles. The maximum absolute atomic E-state index is 12.4. The van der Waals surface area contributed by atoms with E-state index in [4.69, 9.17) is 0 Å². The lowest BCUT2D eigenvalue weighted by molar-refractivity contribution is 0.0926. The maximum atomic E-state index is 12.4. The van der Waals surface area contributed by atoms with Crippen LogP contribution in [0.15, 0.2) is 46.9 Å². The first kappa shape index (κ1) is 12.1. The van der Waals surface area contributed by atoms with Gasteiger partial charge in [-0.2, -0.15) is 0 Å². The number of nitrogens with zero attached hydrogens (tertiary/aromatic N) is 1. The zero-order valence-electron chi connectivity index (χ0n) is 10.2. The summed E-state index contributed by atoms with van der Waals surface area (Å²) in [6, 6.07) is 12.5. The molecule has 0 atom stereocenters. The summed E-state index contributed by atoms with van der Waals surface area (Å²) in [6.07, 6.45) is 0. The molecular weight excluding hydrogens is 306 g/mol. The summed E-state index contributed by atoms with van der Waals surface area (Å²) in [7, 11) is 0. The van der Waals surface area contributed by atoms with Crippen molar-refractivity contribution in [3.8, 4) is 0 Å². The van der Waals surface area contributed by atoms with Crippen molar-refractivity contribution in [3.63, 3.8) is 0 Å². The second-order valence-corrected chi connectivity index (χ2v) is 5.30. The molecule has 0 unspecified atom stereocenters. The highest BCUT2D eigenvalue weighted by Gasteiger charge is 2.37. The van der Waals surface area contributed by atoms with Gasteiger partial charge in [0.1, 0.15) is 0 Å². The van der Waals surface area contributed by atoms with Crippen molar-refractivity contribution in [2.75, 3.05) is 4.90 Å². The second-order valence-electron chi connectivity index (χ2n) is 4.45. The van der Waals surface area contributed by atoms with Gasteiger partial charge in [-0.05, 0) is 52.7 Å². The number of benzene rings is 2. The minimum Gasteiger partial charge on any atom is -0.268 e. The summed E-state index contributed by atoms with van der Waals surface area (Å²) in [4.78, 5) is 25.9. The van der Waals surface area contributed by atoms with Gasteiger partial charge in [-0.3, -0.25) is 9.59 Å². The standard InChI is InChI=1S/C15H10BrNO2/c1-9-6-7-12(16)13(8-9)17-14(18)10-4-2-3-5-11(10)15(17)19/h2-8H,1H3. The number of hydrogen-bond donors (Lipinski definition) is 0. The molecule has 1 aliphatic heterocycles. The van der Waals surface area contributed by atoms with Crippen LogP contribution < -0.4 is 4.90 Å². The molecule has 1 heterocycles. The number of aryl methyl sites for hydroxylation is 1. The molecule has 0 spiro atoms. The zero-order chi connectivity index (χ0) is 13.6. The molecule has 3 nitrogen and oxygen atoms in total. The Morgan fingerprint density at radius 1 is 0.947 bits per heavy atom. The van der Waals surface area contributed by atoms with Gasteiger partial charge in [0.25, 0.3) is 11.8 Å². The monoisotopic (exact) mass is 315 g/mol. The number of rotatable bonds is 1. The third kappa shape index (κ3) is 1.79. The second kappa shape index (κ2) is 4.31. The molecule has 94 valence electrons. The molecule has 3 rings (SSSR count). The molecule has 19 heavy (non-hydrogen) atoms. The van der Waals surface area contributed by atoms with E-state index in [0.29, 0.717) is 16.8 Å². The average molecular weight is 316 g/mol. The number of amides is 2. The Kier molecular flexibility index (Phi) is 2.75. The fraction of sp³-hybridized carbons (Fsp3) is 0.0667. The summed E-state index contributed by atoms with van der Waals surface area (Å²) in [5, 5.41) is 0. The SMILES string of the molecule is Cc1ccc(Br)c(N2C(=O)c3ccccc3C2=O)c1. The Morgan fingerprint density at radius 2 is 1.53 bits per heavy atom. The van der Waals surface area contributed by atoms with Gasteiger partial charge in [0, 0.05) is 4.47 Å². The van der Waals surface area contributed by atoms with E-state index in [0.717, 1.165) is 10.0 Å². The molecule has 0 saturated carbocycles. The van der Waals surface area contributed by atoms with Crippen LogP contribution >= 0.6 is 15.9 Å². The number of halogens is 1. The molecule has 2 aromatic rings. The zero-order valence-corrected chi connectivity index (χ0v) is 11.8. The highest BCUT2D eigenvalue weighted by atomic mass is 79.9. The van der Waals surface area contributed by atoms with Gasteiger partial charge in [0.05, 0.1) is 16.8 Å². The molecule has 4 heteroatoms. The molecule has 2 aromatic carbocycles. The predicted octanol–water partition coefficient (Wildman–Crippen LogP) is 3.56. The number of fused-ring (bicyclic) bond motifs is 1. The fourth-order valence-electron chi connectivity index (χ4n) is 2.20. The Balaban J connectivity index is 2.17. The van der Waals surface area contributed by atoms with Crippen molar-refractivity contribution >= 4 is 33.4 Å². The van der Waals surface area contributed by atoms with Gasteiger partial charge < -0.3 is 0 Å². The topological polar surface area (TPSA) is 37.4 Å². The minimum absolute atomic E-state index is 0.271. The summed E-state index contributed by atoms with van der Waals surface area (Å²) in [5.41, 5.74) is 2.50. The number of carbonyl (C=O) groups excluding carboxylic acids is 2. The lowest BCUT2D eigenvalue weighted by Crippen LogP contribution is -2.29. The van der Waals surface area contributed by atoms with Crippen LogP contribution in [0.5, 0.6) is 0 Å². The lowest BCUT2D eigenvalue weighted by atomic mass is 10.1. The van der Waals surface area contributed by atoms with Gasteiger partial charge >= 0.3 is 0 Å². The van der Waals surface area contributed by atoms with E-state index >= 15 is 0 Å². The molecule has 0 N–H and O–H groups in total. The molecular formula is C15H10BrNO2. The van der Waals surface area contributed by atoms with Crippen LogP contribution in [0, 0.1) is 6.92 Å². The molecule has 0 radical (unpaired) electrons. The smallest absolute Gasteiger partial charge is 0.266 e. The van der Waals surface area contributed by atoms with Crippen LogP contribution in [0.3, 0.4) is 0 Å². The average Bonchev–Trinajstić information content (AvgIpc) is 2.66. The number of anilines is 1. The molecule has 0 aromatic heterocycles. The highest BCUT2D eigenvalue weighted by Crippen LogP contribution is 2.33. The van der Waals surface area contributed by atoms with E-state index in [1.807, 2.05) is 25.1 Å². The largest absolute Gasteiger partial charge is 0.268 e. The van der Waals surface area contributed by atoms with Gasteiger partial charge in [0.15, 0.2) is 0 Å². The highest BCUT2D eigenvalue weighted by molar-refractivity contribution is 9.10. The van der Waals surface area contributed by atoms with Crippen molar-refractivity contribution in [1.29, 1.82) is 0 Å². The third-order valence-corrected chi connectivity index (χ3v) is 3.81. The van der Waals surface area contributed by atoms with Crippen molar-refractivity contribution in [2.45, 2.75) is 6.92 Å². The fourth-order valence-corrected chi connectivity index (χ4v) is 2.63. The van der Waals surface area contributed by atoms with E-state index in [1.54, 1.807) is 24.3 Å². The summed E-state index contributed by atoms with van der Waals surface area (Å²) >= 11 is 3.39. The first-order chi connectivity index (χ1) is 9.09. The Labute approximate surface area is 119 Å². The van der Waals surface area contributed by atoms with E-state index in [-0.39, 0.29) is 11.8 Å². The number of hydrogen-bond acceptors (Lipinski definition) is 2. The Hall–Kier alpha value is -1.94. The number of imide groups is 1. The van der Waals surface area contributed by atoms with E-state index in [9.17, 15) is 9.59 Å². The van der Waals surface area contributed by atoms with Crippen molar-refractivity contribution in [1.82, 2.24) is 0 Å². The quantitative estimate of drug-likeness (QED) is 0.755. The first-order valence-electron chi connectivity index (χ1n) is 5.83. The summed E-state index contributed by atoms with van der Waals surface area (Å²) in [5.74, 6) is -0.543. The van der Waals surface area contributed by atoms with E-state index < -0.39 is 0 Å². The van der Waals surface area contributed by atoms with Crippen LogP contribution in [0.4, 0.5) is 5.69 Å². The summed E-state index contributed by atoms with van der Waals surface area (Å²) in [6.45, 7) is 1.92. The normalized spacial score (nSPS) is 13.9. The first-order valence-corrected chi connectivity index (χ1v) is 6.63. The van der Waals surface area contributed by atoms with Crippen LogP contribution in [-0.2, 0) is 0 Å². The van der Waals surface area contributed by atoms with Crippen LogP contribution in [0.25, 0.3) is 0 Å². The molecule has 0 saturated heterocycles. The molecule has 2 amide bonds. The number of carbonyl (C=O) groups is 2. The summed E-state index contributed by atoms with van der Waals surface area (Å²) < 4.78 is 0.729. The van der Waals surface area contributed by atoms with Crippen LogP contribution in [-0.4, -0.2) is 11.8 Å². The lowest BCUT2D eigenvalue weighted by Gasteiger charge is -2.16. The third-order valence-electron chi connectivity index (χ3n) is 3.14. The predicted molar refractivity (Wildman–Crippen MR) is 76.5 cm³/mol. The van der Waals surface area contributed by atoms with Crippen molar-refractivity contribution in [3.05, 3.63) is 63.6 Å². The Bertz CT molecular complexity index is 674. The van der Waals surface area contributed by atoms with Gasteiger partial charge in [-0.1, -0.05) is 18.2 Å². The van der Waals surface area contributed by atoms with E-state index in [2.05, 4.69) is 15.9 Å². The van der Waals surface area contributed by atoms with E-state index in [1.165, 1.54) is 4.90 Å². The van der Waals surface area contributed by atoms with Gasteiger partial charge in [-0.15, -0.1) is 0 Å².